The number of thioether (sulfide) groups is 1. The van der Waals surface area contributed by atoms with E-state index in [-0.39, 0.29) is 23.4 Å². The Labute approximate surface area is 177 Å². The number of carbonyl (C=O) groups is 2. The summed E-state index contributed by atoms with van der Waals surface area (Å²) in [5.74, 6) is 0.986. The first kappa shape index (κ1) is 20.0. The lowest BCUT2D eigenvalue weighted by Gasteiger charge is -2.10. The van der Waals surface area contributed by atoms with Gasteiger partial charge in [-0.15, -0.1) is 10.2 Å². The van der Waals surface area contributed by atoms with E-state index >= 15 is 0 Å². The zero-order chi connectivity index (χ0) is 21.3. The summed E-state index contributed by atoms with van der Waals surface area (Å²) in [5.41, 5.74) is 3.56. The van der Waals surface area contributed by atoms with Crippen molar-refractivity contribution in [1.29, 1.82) is 0 Å². The van der Waals surface area contributed by atoms with E-state index in [9.17, 15) is 9.59 Å². The van der Waals surface area contributed by atoms with Crippen LogP contribution in [0.1, 0.15) is 42.9 Å². The van der Waals surface area contributed by atoms with Crippen molar-refractivity contribution >= 4 is 45.8 Å². The van der Waals surface area contributed by atoms with Gasteiger partial charge in [0, 0.05) is 17.2 Å². The molecule has 7 nitrogen and oxygen atoms in total. The molecular weight excluding hydrogens is 398 g/mol. The number of hydrogen-bond donors (Lipinski definition) is 1. The van der Waals surface area contributed by atoms with Gasteiger partial charge in [-0.05, 0) is 31.2 Å². The summed E-state index contributed by atoms with van der Waals surface area (Å²) in [4.78, 5) is 28.7. The largest absolute Gasteiger partial charge is 0.325 e. The minimum Gasteiger partial charge on any atom is -0.325 e. The van der Waals surface area contributed by atoms with E-state index in [0.29, 0.717) is 21.9 Å². The molecule has 0 aliphatic carbocycles. The molecule has 4 aromatic rings. The van der Waals surface area contributed by atoms with Gasteiger partial charge in [0.2, 0.25) is 5.91 Å². The second-order valence-corrected chi connectivity index (χ2v) is 8.22. The molecule has 1 amide bonds. The lowest BCUT2D eigenvalue weighted by Crippen LogP contribution is -2.14. The number of hydrogen-bond acceptors (Lipinski definition) is 6. The molecule has 0 fully saturated rings. The SMILES string of the molecule is CC(=O)c1cccc(NC(=O)CSc2nc3ccccc3n3c(C(C)C)nnc23)c1. The zero-order valence-electron chi connectivity index (χ0n) is 16.9. The molecule has 0 bridgehead atoms. The van der Waals surface area contributed by atoms with Gasteiger partial charge < -0.3 is 5.32 Å². The summed E-state index contributed by atoms with van der Waals surface area (Å²) in [7, 11) is 0. The van der Waals surface area contributed by atoms with Crippen molar-refractivity contribution in [1.82, 2.24) is 19.6 Å². The van der Waals surface area contributed by atoms with Gasteiger partial charge in [-0.3, -0.25) is 14.0 Å². The average molecular weight is 420 g/mol. The molecule has 0 saturated carbocycles. The quantitative estimate of drug-likeness (QED) is 0.369. The predicted octanol–water partition coefficient (Wildman–Crippen LogP) is 4.33. The van der Waals surface area contributed by atoms with Crippen molar-refractivity contribution in [2.75, 3.05) is 11.1 Å². The predicted molar refractivity (Wildman–Crippen MR) is 118 cm³/mol. The number of fused-ring (bicyclic) bond motifs is 3. The Balaban J connectivity index is 1.60. The number of carbonyl (C=O) groups excluding carboxylic acids is 2. The molecule has 2 heterocycles. The van der Waals surface area contributed by atoms with E-state index < -0.39 is 0 Å². The maximum atomic E-state index is 12.5. The molecule has 1 N–H and O–H groups in total. The first-order valence-corrected chi connectivity index (χ1v) is 10.6. The third kappa shape index (κ3) is 3.91. The Morgan fingerprint density at radius 1 is 1.10 bits per heavy atom. The molecular formula is C22H21N5O2S. The number of para-hydroxylation sites is 2. The van der Waals surface area contributed by atoms with Gasteiger partial charge in [0.05, 0.1) is 16.8 Å². The number of nitrogens with one attached hydrogen (secondary N) is 1. The highest BCUT2D eigenvalue weighted by molar-refractivity contribution is 8.00. The molecule has 0 aliphatic rings. The normalized spacial score (nSPS) is 11.3. The molecule has 152 valence electrons. The van der Waals surface area contributed by atoms with E-state index in [1.165, 1.54) is 18.7 Å². The molecule has 0 unspecified atom stereocenters. The van der Waals surface area contributed by atoms with E-state index in [4.69, 9.17) is 4.98 Å². The van der Waals surface area contributed by atoms with Gasteiger partial charge in [0.1, 0.15) is 10.9 Å². The van der Waals surface area contributed by atoms with Crippen molar-refractivity contribution in [3.05, 3.63) is 59.9 Å². The summed E-state index contributed by atoms with van der Waals surface area (Å²) in [6.07, 6.45) is 0. The van der Waals surface area contributed by atoms with Gasteiger partial charge in [-0.2, -0.15) is 0 Å². The van der Waals surface area contributed by atoms with Crippen molar-refractivity contribution in [3.63, 3.8) is 0 Å². The fourth-order valence-electron chi connectivity index (χ4n) is 3.20. The van der Waals surface area contributed by atoms with Crippen LogP contribution in [-0.2, 0) is 4.79 Å². The van der Waals surface area contributed by atoms with Gasteiger partial charge in [-0.1, -0.05) is 49.9 Å². The topological polar surface area (TPSA) is 89.2 Å². The Kier molecular flexibility index (Phi) is 5.50. The highest BCUT2D eigenvalue weighted by Crippen LogP contribution is 2.27. The number of benzene rings is 2. The minimum atomic E-state index is -0.183. The highest BCUT2D eigenvalue weighted by atomic mass is 32.2. The van der Waals surface area contributed by atoms with Crippen molar-refractivity contribution in [3.8, 4) is 0 Å². The Hall–Kier alpha value is -3.26. The van der Waals surface area contributed by atoms with Crippen LogP contribution in [0.25, 0.3) is 16.7 Å². The Morgan fingerprint density at radius 3 is 2.67 bits per heavy atom. The third-order valence-corrected chi connectivity index (χ3v) is 5.59. The monoisotopic (exact) mass is 419 g/mol. The second-order valence-electron chi connectivity index (χ2n) is 7.25. The van der Waals surface area contributed by atoms with Crippen LogP contribution < -0.4 is 5.32 Å². The molecule has 4 rings (SSSR count). The number of nitrogens with zero attached hydrogens (tertiary/aromatic N) is 4. The lowest BCUT2D eigenvalue weighted by molar-refractivity contribution is -0.113. The first-order valence-electron chi connectivity index (χ1n) is 9.61. The summed E-state index contributed by atoms with van der Waals surface area (Å²) >= 11 is 1.31. The number of amides is 1. The molecule has 8 heteroatoms. The number of ketones is 1. The van der Waals surface area contributed by atoms with Crippen LogP contribution in [0, 0.1) is 0 Å². The second kappa shape index (κ2) is 8.23. The van der Waals surface area contributed by atoms with Crippen LogP contribution in [0.15, 0.2) is 53.6 Å². The maximum Gasteiger partial charge on any atom is 0.234 e. The van der Waals surface area contributed by atoms with Crippen LogP contribution in [0.2, 0.25) is 0 Å². The highest BCUT2D eigenvalue weighted by Gasteiger charge is 2.18. The number of aromatic nitrogens is 4. The van der Waals surface area contributed by atoms with Gasteiger partial charge >= 0.3 is 0 Å². The van der Waals surface area contributed by atoms with Gasteiger partial charge in [0.25, 0.3) is 0 Å². The van der Waals surface area contributed by atoms with Gasteiger partial charge in [-0.25, -0.2) is 4.98 Å². The van der Waals surface area contributed by atoms with E-state index in [1.807, 2.05) is 28.7 Å². The lowest BCUT2D eigenvalue weighted by atomic mass is 10.1. The molecule has 0 radical (unpaired) electrons. The van der Waals surface area contributed by atoms with Crippen molar-refractivity contribution in [2.24, 2.45) is 0 Å². The van der Waals surface area contributed by atoms with Crippen LogP contribution in [0.3, 0.4) is 0 Å². The molecule has 2 aromatic heterocycles. The van der Waals surface area contributed by atoms with Crippen LogP contribution in [0.4, 0.5) is 5.69 Å². The van der Waals surface area contributed by atoms with E-state index in [0.717, 1.165) is 16.9 Å². The third-order valence-electron chi connectivity index (χ3n) is 4.63. The fraction of sp³-hybridized carbons (Fsp3) is 0.227. The summed E-state index contributed by atoms with van der Waals surface area (Å²) in [6, 6.07) is 14.7. The zero-order valence-corrected chi connectivity index (χ0v) is 17.7. The van der Waals surface area contributed by atoms with Crippen LogP contribution in [-0.4, -0.2) is 37.0 Å². The van der Waals surface area contributed by atoms with Gasteiger partial charge in [0.15, 0.2) is 11.4 Å². The first-order chi connectivity index (χ1) is 14.4. The van der Waals surface area contributed by atoms with Crippen LogP contribution in [0.5, 0.6) is 0 Å². The standard InChI is InChI=1S/C22H21N5O2S/c1-13(2)20-25-26-21-22(24-17-9-4-5-10-18(17)27(20)21)30-12-19(29)23-16-8-6-7-15(11-16)14(3)28/h4-11,13H,12H2,1-3H3,(H,23,29). The number of rotatable bonds is 6. The Morgan fingerprint density at radius 2 is 1.90 bits per heavy atom. The molecule has 0 spiro atoms. The number of anilines is 1. The van der Waals surface area contributed by atoms with E-state index in [2.05, 4.69) is 29.4 Å². The molecule has 0 atom stereocenters. The van der Waals surface area contributed by atoms with E-state index in [1.54, 1.807) is 24.3 Å². The maximum absolute atomic E-state index is 12.5. The average Bonchev–Trinajstić information content (AvgIpc) is 3.18. The summed E-state index contributed by atoms with van der Waals surface area (Å²) in [5, 5.41) is 12.2. The molecule has 0 saturated heterocycles. The number of Topliss-reactive ketones (excluding diaryl/α,β-unsaturated/α-hetero) is 1. The smallest absolute Gasteiger partial charge is 0.234 e. The fourth-order valence-corrected chi connectivity index (χ4v) is 3.96. The van der Waals surface area contributed by atoms with Crippen LogP contribution >= 0.6 is 11.8 Å². The van der Waals surface area contributed by atoms with Crippen molar-refractivity contribution < 1.29 is 9.59 Å². The molecule has 2 aromatic carbocycles. The van der Waals surface area contributed by atoms with Crippen molar-refractivity contribution in [2.45, 2.75) is 31.7 Å². The minimum absolute atomic E-state index is 0.0454. The molecule has 0 aliphatic heterocycles. The summed E-state index contributed by atoms with van der Waals surface area (Å²) in [6.45, 7) is 5.64. The Bertz CT molecular complexity index is 1270. The molecule has 30 heavy (non-hydrogen) atoms. The summed E-state index contributed by atoms with van der Waals surface area (Å²) < 4.78 is 2.02.